The topological polar surface area (TPSA) is 78.4 Å². The zero-order valence-corrected chi connectivity index (χ0v) is 13.3. The largest absolute Gasteiger partial charge is 0.478 e. The lowest BCUT2D eigenvalue weighted by Crippen LogP contribution is -2.49. The molecule has 0 spiro atoms. The van der Waals surface area contributed by atoms with Crippen molar-refractivity contribution in [3.63, 3.8) is 0 Å². The number of amides is 2. The number of carbonyl (C=O) groups excluding carboxylic acids is 1. The van der Waals surface area contributed by atoms with Crippen molar-refractivity contribution in [2.75, 3.05) is 5.32 Å². The minimum absolute atomic E-state index is 0.00430. The van der Waals surface area contributed by atoms with Crippen LogP contribution >= 0.6 is 11.6 Å². The summed E-state index contributed by atoms with van der Waals surface area (Å²) >= 11 is 5.86. The van der Waals surface area contributed by atoms with Crippen LogP contribution in [-0.2, 0) is 0 Å². The fourth-order valence-electron chi connectivity index (χ4n) is 2.22. The van der Waals surface area contributed by atoms with Gasteiger partial charge in [0.05, 0.1) is 11.3 Å². The molecule has 2 amide bonds. The first-order valence-corrected chi connectivity index (χ1v) is 7.37. The second kappa shape index (κ2) is 7.31. The van der Waals surface area contributed by atoms with Crippen LogP contribution in [0.3, 0.4) is 0 Å². The van der Waals surface area contributed by atoms with Gasteiger partial charge >= 0.3 is 12.0 Å². The lowest BCUT2D eigenvalue weighted by atomic mass is 9.90. The highest BCUT2D eigenvalue weighted by molar-refractivity contribution is 6.31. The van der Waals surface area contributed by atoms with Gasteiger partial charge in [0.15, 0.2) is 0 Å². The van der Waals surface area contributed by atoms with E-state index >= 15 is 0 Å². The number of aromatic carboxylic acids is 1. The van der Waals surface area contributed by atoms with Crippen LogP contribution in [0.25, 0.3) is 0 Å². The summed E-state index contributed by atoms with van der Waals surface area (Å²) in [4.78, 5) is 23.3. The maximum Gasteiger partial charge on any atom is 0.337 e. The second-order valence-corrected chi connectivity index (χ2v) is 5.35. The van der Waals surface area contributed by atoms with Crippen LogP contribution in [0.15, 0.2) is 18.2 Å². The van der Waals surface area contributed by atoms with Gasteiger partial charge in [-0.3, -0.25) is 0 Å². The molecular formula is C15H21ClN2O3. The second-order valence-electron chi connectivity index (χ2n) is 4.92. The number of carboxylic acids is 1. The maximum atomic E-state index is 12.1. The Morgan fingerprint density at radius 2 is 1.76 bits per heavy atom. The van der Waals surface area contributed by atoms with E-state index in [-0.39, 0.29) is 16.8 Å². The number of nitrogens with one attached hydrogen (secondary N) is 2. The molecule has 0 saturated heterocycles. The molecule has 0 aliphatic rings. The molecule has 0 saturated carbocycles. The Labute approximate surface area is 129 Å². The van der Waals surface area contributed by atoms with E-state index in [9.17, 15) is 9.59 Å². The van der Waals surface area contributed by atoms with Crippen molar-refractivity contribution in [1.82, 2.24) is 5.32 Å². The molecule has 0 aliphatic heterocycles. The standard InChI is InChI=1S/C15H21ClN2O3/c1-4-15(5-2,6-3)18-14(21)17-12-9-10(16)7-8-11(12)13(19)20/h7-9H,4-6H2,1-3H3,(H,19,20)(H2,17,18,21). The Balaban J connectivity index is 2.93. The van der Waals surface area contributed by atoms with E-state index in [2.05, 4.69) is 10.6 Å². The van der Waals surface area contributed by atoms with E-state index < -0.39 is 12.0 Å². The minimum atomic E-state index is -1.12. The fourth-order valence-corrected chi connectivity index (χ4v) is 2.39. The molecule has 0 radical (unpaired) electrons. The molecular weight excluding hydrogens is 292 g/mol. The molecule has 0 atom stereocenters. The molecule has 0 aliphatic carbocycles. The van der Waals surface area contributed by atoms with E-state index in [0.29, 0.717) is 5.02 Å². The van der Waals surface area contributed by atoms with Gasteiger partial charge in [-0.05, 0) is 37.5 Å². The third kappa shape index (κ3) is 4.36. The van der Waals surface area contributed by atoms with E-state index in [0.717, 1.165) is 19.3 Å². The molecule has 3 N–H and O–H groups in total. The van der Waals surface area contributed by atoms with Crippen molar-refractivity contribution in [3.8, 4) is 0 Å². The minimum Gasteiger partial charge on any atom is -0.478 e. The van der Waals surface area contributed by atoms with Crippen LogP contribution in [0, 0.1) is 0 Å². The third-order valence-electron chi connectivity index (χ3n) is 3.87. The first-order chi connectivity index (χ1) is 9.87. The van der Waals surface area contributed by atoms with Gasteiger partial charge in [-0.2, -0.15) is 0 Å². The number of carboxylic acid groups (broad SMARTS) is 1. The van der Waals surface area contributed by atoms with Crippen LogP contribution in [0.1, 0.15) is 50.4 Å². The van der Waals surface area contributed by atoms with Crippen LogP contribution in [-0.4, -0.2) is 22.6 Å². The van der Waals surface area contributed by atoms with Crippen molar-refractivity contribution < 1.29 is 14.7 Å². The first-order valence-electron chi connectivity index (χ1n) is 6.99. The molecule has 21 heavy (non-hydrogen) atoms. The molecule has 5 nitrogen and oxygen atoms in total. The Morgan fingerprint density at radius 1 is 1.19 bits per heavy atom. The molecule has 1 aromatic carbocycles. The highest BCUT2D eigenvalue weighted by atomic mass is 35.5. The van der Waals surface area contributed by atoms with Gasteiger partial charge in [-0.1, -0.05) is 32.4 Å². The Bertz CT molecular complexity index is 519. The van der Waals surface area contributed by atoms with Crippen molar-refractivity contribution in [3.05, 3.63) is 28.8 Å². The van der Waals surface area contributed by atoms with Gasteiger partial charge in [0.25, 0.3) is 0 Å². The van der Waals surface area contributed by atoms with Gasteiger partial charge in [0, 0.05) is 10.6 Å². The molecule has 0 fully saturated rings. The average molecular weight is 313 g/mol. The normalized spacial score (nSPS) is 11.0. The third-order valence-corrected chi connectivity index (χ3v) is 4.10. The van der Waals surface area contributed by atoms with E-state index in [1.165, 1.54) is 18.2 Å². The predicted molar refractivity (Wildman–Crippen MR) is 84.2 cm³/mol. The summed E-state index contributed by atoms with van der Waals surface area (Å²) < 4.78 is 0. The summed E-state index contributed by atoms with van der Waals surface area (Å²) in [5.41, 5.74) is -0.0965. The van der Waals surface area contributed by atoms with Crippen LogP contribution in [0.2, 0.25) is 5.02 Å². The Hall–Kier alpha value is -1.75. The van der Waals surface area contributed by atoms with Gasteiger partial charge in [0.1, 0.15) is 0 Å². The van der Waals surface area contributed by atoms with Crippen LogP contribution < -0.4 is 10.6 Å². The van der Waals surface area contributed by atoms with Crippen LogP contribution in [0.4, 0.5) is 10.5 Å². The molecule has 0 bridgehead atoms. The van der Waals surface area contributed by atoms with Crippen molar-refractivity contribution in [2.24, 2.45) is 0 Å². The molecule has 1 rings (SSSR count). The summed E-state index contributed by atoms with van der Waals surface area (Å²) in [6.45, 7) is 6.03. The Kier molecular flexibility index (Phi) is 6.03. The SMILES string of the molecule is CCC(CC)(CC)NC(=O)Nc1cc(Cl)ccc1C(=O)O. The van der Waals surface area contributed by atoms with Crippen molar-refractivity contribution in [1.29, 1.82) is 0 Å². The van der Waals surface area contributed by atoms with Gasteiger partial charge < -0.3 is 15.7 Å². The average Bonchev–Trinajstić information content (AvgIpc) is 2.44. The number of benzene rings is 1. The maximum absolute atomic E-state index is 12.1. The summed E-state index contributed by atoms with van der Waals surface area (Å²) in [6, 6.07) is 3.84. The zero-order chi connectivity index (χ0) is 16.0. The number of hydrogen-bond donors (Lipinski definition) is 3. The van der Waals surface area contributed by atoms with E-state index in [4.69, 9.17) is 16.7 Å². The number of rotatable bonds is 6. The van der Waals surface area contributed by atoms with Crippen molar-refractivity contribution >= 4 is 29.3 Å². The monoisotopic (exact) mass is 312 g/mol. The highest BCUT2D eigenvalue weighted by Crippen LogP contribution is 2.23. The number of urea groups is 1. The fraction of sp³-hybridized carbons (Fsp3) is 0.467. The Morgan fingerprint density at radius 3 is 2.24 bits per heavy atom. The molecule has 0 unspecified atom stereocenters. The summed E-state index contributed by atoms with van der Waals surface area (Å²) in [5, 5.41) is 15.0. The highest BCUT2D eigenvalue weighted by Gasteiger charge is 2.26. The lowest BCUT2D eigenvalue weighted by Gasteiger charge is -2.31. The predicted octanol–water partition coefficient (Wildman–Crippen LogP) is 4.13. The number of carbonyl (C=O) groups is 2. The zero-order valence-electron chi connectivity index (χ0n) is 12.5. The van der Waals surface area contributed by atoms with E-state index in [1.807, 2.05) is 20.8 Å². The summed E-state index contributed by atoms with van der Waals surface area (Å²) in [5.74, 6) is -1.12. The van der Waals surface area contributed by atoms with Crippen LogP contribution in [0.5, 0.6) is 0 Å². The molecule has 116 valence electrons. The molecule has 1 aromatic rings. The quantitative estimate of drug-likeness (QED) is 0.739. The van der Waals surface area contributed by atoms with Gasteiger partial charge in [0.2, 0.25) is 0 Å². The first kappa shape index (κ1) is 17.3. The smallest absolute Gasteiger partial charge is 0.337 e. The number of anilines is 1. The molecule has 0 heterocycles. The number of halogens is 1. The van der Waals surface area contributed by atoms with Gasteiger partial charge in [-0.25, -0.2) is 9.59 Å². The lowest BCUT2D eigenvalue weighted by molar-refractivity contribution is 0.0698. The summed E-state index contributed by atoms with van der Waals surface area (Å²) in [6.07, 6.45) is 2.40. The molecule has 6 heteroatoms. The van der Waals surface area contributed by atoms with Crippen molar-refractivity contribution in [2.45, 2.75) is 45.6 Å². The number of hydrogen-bond acceptors (Lipinski definition) is 2. The van der Waals surface area contributed by atoms with Gasteiger partial charge in [-0.15, -0.1) is 0 Å². The van der Waals surface area contributed by atoms with E-state index in [1.54, 1.807) is 0 Å². The summed E-state index contributed by atoms with van der Waals surface area (Å²) in [7, 11) is 0. The molecule has 0 aromatic heterocycles.